The van der Waals surface area contributed by atoms with E-state index in [1.807, 2.05) is 37.4 Å². The van der Waals surface area contributed by atoms with Gasteiger partial charge in [0.1, 0.15) is 0 Å². The average molecular weight is 257 g/mol. The Morgan fingerprint density at radius 2 is 2.26 bits per heavy atom. The largest absolute Gasteiger partial charge is 0.361 e. The van der Waals surface area contributed by atoms with Gasteiger partial charge >= 0.3 is 0 Å². The maximum absolute atomic E-state index is 12.4. The minimum absolute atomic E-state index is 0.106. The summed E-state index contributed by atoms with van der Waals surface area (Å²) in [5, 5.41) is 7.46. The van der Waals surface area contributed by atoms with Crippen molar-refractivity contribution < 1.29 is 4.79 Å². The van der Waals surface area contributed by atoms with E-state index in [2.05, 4.69) is 15.6 Å². The van der Waals surface area contributed by atoms with Crippen LogP contribution in [-0.4, -0.2) is 24.0 Å². The Morgan fingerprint density at radius 3 is 3.05 bits per heavy atom. The first-order valence-electron chi connectivity index (χ1n) is 6.77. The molecule has 4 heteroatoms. The van der Waals surface area contributed by atoms with E-state index in [-0.39, 0.29) is 11.3 Å². The number of anilines is 1. The van der Waals surface area contributed by atoms with Gasteiger partial charge < -0.3 is 15.6 Å². The Balaban J connectivity index is 1.78. The van der Waals surface area contributed by atoms with E-state index >= 15 is 0 Å². The Hall–Kier alpha value is -1.81. The van der Waals surface area contributed by atoms with Gasteiger partial charge in [0, 0.05) is 29.3 Å². The van der Waals surface area contributed by atoms with E-state index in [0.717, 1.165) is 42.5 Å². The van der Waals surface area contributed by atoms with Crippen LogP contribution in [0.3, 0.4) is 0 Å². The van der Waals surface area contributed by atoms with Crippen LogP contribution in [0.15, 0.2) is 30.5 Å². The molecular weight excluding hydrogens is 238 g/mol. The number of carbonyl (C=O) groups is 1. The van der Waals surface area contributed by atoms with Crippen LogP contribution in [0, 0.1) is 5.41 Å². The SMILES string of the molecule is CC1(C(=O)Nc2ccc3[nH]ccc3c2)CCCNC1. The molecule has 3 rings (SSSR count). The molecular formula is C15H19N3O. The van der Waals surface area contributed by atoms with Gasteiger partial charge in [-0.1, -0.05) is 0 Å². The van der Waals surface area contributed by atoms with Crippen molar-refractivity contribution in [2.24, 2.45) is 5.41 Å². The molecule has 1 saturated heterocycles. The molecule has 1 fully saturated rings. The molecule has 1 aromatic carbocycles. The van der Waals surface area contributed by atoms with Crippen LogP contribution in [0.25, 0.3) is 10.9 Å². The number of nitrogens with one attached hydrogen (secondary N) is 3. The van der Waals surface area contributed by atoms with Gasteiger partial charge in [0.25, 0.3) is 0 Å². The second kappa shape index (κ2) is 4.70. The molecule has 100 valence electrons. The highest BCUT2D eigenvalue weighted by Crippen LogP contribution is 2.28. The number of rotatable bonds is 2. The zero-order valence-corrected chi connectivity index (χ0v) is 11.1. The summed E-state index contributed by atoms with van der Waals surface area (Å²) >= 11 is 0. The van der Waals surface area contributed by atoms with Gasteiger partial charge in [-0.05, 0) is 50.6 Å². The molecule has 0 aliphatic carbocycles. The molecule has 1 aliphatic rings. The third kappa shape index (κ3) is 2.36. The molecule has 1 atom stereocenters. The molecule has 1 aliphatic heterocycles. The molecule has 3 N–H and O–H groups in total. The normalized spacial score (nSPS) is 23.4. The lowest BCUT2D eigenvalue weighted by Gasteiger charge is -2.32. The van der Waals surface area contributed by atoms with Crippen molar-refractivity contribution in [3.63, 3.8) is 0 Å². The number of aromatic amines is 1. The van der Waals surface area contributed by atoms with Gasteiger partial charge in [0.05, 0.1) is 5.41 Å². The number of benzene rings is 1. The molecule has 2 aromatic rings. The highest BCUT2D eigenvalue weighted by atomic mass is 16.2. The molecule has 1 aromatic heterocycles. The summed E-state index contributed by atoms with van der Waals surface area (Å²) < 4.78 is 0. The van der Waals surface area contributed by atoms with Crippen LogP contribution < -0.4 is 10.6 Å². The average Bonchev–Trinajstić information content (AvgIpc) is 2.87. The number of H-pyrrole nitrogens is 1. The van der Waals surface area contributed by atoms with Gasteiger partial charge in [-0.25, -0.2) is 0 Å². The molecule has 0 radical (unpaired) electrons. The molecule has 2 heterocycles. The predicted octanol–water partition coefficient (Wildman–Crippen LogP) is 2.50. The molecule has 1 unspecified atom stereocenters. The molecule has 1 amide bonds. The number of hydrogen-bond acceptors (Lipinski definition) is 2. The summed E-state index contributed by atoms with van der Waals surface area (Å²) in [5.74, 6) is 0.106. The number of hydrogen-bond donors (Lipinski definition) is 3. The Bertz CT molecular complexity index is 596. The maximum atomic E-state index is 12.4. The van der Waals surface area contributed by atoms with Crippen LogP contribution in [0.4, 0.5) is 5.69 Å². The molecule has 19 heavy (non-hydrogen) atoms. The van der Waals surface area contributed by atoms with E-state index in [1.165, 1.54) is 0 Å². The minimum atomic E-state index is -0.300. The van der Waals surface area contributed by atoms with Gasteiger partial charge in [0.15, 0.2) is 0 Å². The zero-order chi connectivity index (χ0) is 13.3. The highest BCUT2D eigenvalue weighted by molar-refractivity contribution is 5.97. The lowest BCUT2D eigenvalue weighted by atomic mass is 9.82. The number of carbonyl (C=O) groups excluding carboxylic acids is 1. The second-order valence-corrected chi connectivity index (χ2v) is 5.57. The fourth-order valence-electron chi connectivity index (χ4n) is 2.66. The standard InChI is InChI=1S/C15H19N3O/c1-15(6-2-7-16-10-15)14(19)18-12-3-4-13-11(9-12)5-8-17-13/h3-5,8-9,16-17H,2,6-7,10H2,1H3,(H,18,19). The van der Waals surface area contributed by atoms with E-state index in [4.69, 9.17) is 0 Å². The molecule has 4 nitrogen and oxygen atoms in total. The summed E-state index contributed by atoms with van der Waals surface area (Å²) in [6, 6.07) is 7.95. The van der Waals surface area contributed by atoms with Crippen molar-refractivity contribution in [2.75, 3.05) is 18.4 Å². The van der Waals surface area contributed by atoms with Crippen molar-refractivity contribution in [3.8, 4) is 0 Å². The topological polar surface area (TPSA) is 56.9 Å². The van der Waals surface area contributed by atoms with Crippen molar-refractivity contribution in [1.82, 2.24) is 10.3 Å². The number of fused-ring (bicyclic) bond motifs is 1. The van der Waals surface area contributed by atoms with Crippen LogP contribution in [0.2, 0.25) is 0 Å². The van der Waals surface area contributed by atoms with Crippen molar-refractivity contribution in [3.05, 3.63) is 30.5 Å². The lowest BCUT2D eigenvalue weighted by molar-refractivity contribution is -0.125. The third-order valence-electron chi connectivity index (χ3n) is 3.96. The van der Waals surface area contributed by atoms with E-state index in [1.54, 1.807) is 0 Å². The summed E-state index contributed by atoms with van der Waals surface area (Å²) in [6.45, 7) is 3.80. The quantitative estimate of drug-likeness (QED) is 0.774. The number of aromatic nitrogens is 1. The van der Waals surface area contributed by atoms with Crippen LogP contribution >= 0.6 is 0 Å². The summed E-state index contributed by atoms with van der Waals surface area (Å²) in [6.07, 6.45) is 3.90. The van der Waals surface area contributed by atoms with Gasteiger partial charge in [-0.2, -0.15) is 0 Å². The minimum Gasteiger partial charge on any atom is -0.361 e. The third-order valence-corrected chi connectivity index (χ3v) is 3.96. The monoisotopic (exact) mass is 257 g/mol. The van der Waals surface area contributed by atoms with Gasteiger partial charge in [0.2, 0.25) is 5.91 Å². The second-order valence-electron chi connectivity index (χ2n) is 5.57. The van der Waals surface area contributed by atoms with E-state index < -0.39 is 0 Å². The van der Waals surface area contributed by atoms with Crippen LogP contribution in [0.5, 0.6) is 0 Å². The fourth-order valence-corrected chi connectivity index (χ4v) is 2.66. The smallest absolute Gasteiger partial charge is 0.231 e. The van der Waals surface area contributed by atoms with E-state index in [0.29, 0.717) is 0 Å². The van der Waals surface area contributed by atoms with Gasteiger partial charge in [-0.15, -0.1) is 0 Å². The zero-order valence-electron chi connectivity index (χ0n) is 11.1. The Morgan fingerprint density at radius 1 is 1.37 bits per heavy atom. The summed E-state index contributed by atoms with van der Waals surface area (Å²) in [4.78, 5) is 15.6. The van der Waals surface area contributed by atoms with E-state index in [9.17, 15) is 4.79 Å². The fraction of sp³-hybridized carbons (Fsp3) is 0.400. The molecule has 0 spiro atoms. The predicted molar refractivity (Wildman–Crippen MR) is 77.1 cm³/mol. The number of amides is 1. The summed E-state index contributed by atoms with van der Waals surface area (Å²) in [7, 11) is 0. The highest BCUT2D eigenvalue weighted by Gasteiger charge is 2.34. The summed E-state index contributed by atoms with van der Waals surface area (Å²) in [5.41, 5.74) is 1.65. The van der Waals surface area contributed by atoms with Crippen LogP contribution in [-0.2, 0) is 4.79 Å². The lowest BCUT2D eigenvalue weighted by Crippen LogP contribution is -2.46. The van der Waals surface area contributed by atoms with Crippen molar-refractivity contribution in [1.29, 1.82) is 0 Å². The molecule has 0 bridgehead atoms. The first kappa shape index (κ1) is 12.2. The van der Waals surface area contributed by atoms with Crippen LogP contribution in [0.1, 0.15) is 19.8 Å². The molecule has 0 saturated carbocycles. The van der Waals surface area contributed by atoms with Crippen molar-refractivity contribution >= 4 is 22.5 Å². The maximum Gasteiger partial charge on any atom is 0.231 e. The first-order chi connectivity index (χ1) is 9.17. The Kier molecular flexibility index (Phi) is 3.03. The van der Waals surface area contributed by atoms with Crippen molar-refractivity contribution in [2.45, 2.75) is 19.8 Å². The van der Waals surface area contributed by atoms with Gasteiger partial charge in [-0.3, -0.25) is 4.79 Å². The Labute approximate surface area is 112 Å². The first-order valence-corrected chi connectivity index (χ1v) is 6.77. The number of piperidine rings is 1.